The molecule has 3 aromatic heterocycles. The van der Waals surface area contributed by atoms with Crippen LogP contribution < -0.4 is 4.74 Å². The van der Waals surface area contributed by atoms with Gasteiger partial charge in [-0.1, -0.05) is 35.9 Å². The number of benzene rings is 2. The Kier molecular flexibility index (Phi) is 5.40. The van der Waals surface area contributed by atoms with E-state index in [1.165, 1.54) is 0 Å². The molecule has 0 aliphatic carbocycles. The lowest BCUT2D eigenvalue weighted by atomic mass is 10.0. The van der Waals surface area contributed by atoms with Crippen LogP contribution in [-0.2, 0) is 6.42 Å². The van der Waals surface area contributed by atoms with Gasteiger partial charge in [-0.05, 0) is 55.3 Å². The first-order valence-electron chi connectivity index (χ1n) is 10.7. The first-order chi connectivity index (χ1) is 16.1. The maximum absolute atomic E-state index is 12.8. The van der Waals surface area contributed by atoms with Crippen LogP contribution in [0.15, 0.2) is 79.3 Å². The van der Waals surface area contributed by atoms with Crippen molar-refractivity contribution in [2.24, 2.45) is 0 Å². The summed E-state index contributed by atoms with van der Waals surface area (Å²) in [7, 11) is 0. The van der Waals surface area contributed by atoms with Gasteiger partial charge in [0.2, 0.25) is 5.88 Å². The van der Waals surface area contributed by atoms with E-state index in [-0.39, 0.29) is 5.78 Å². The highest BCUT2D eigenvalue weighted by Crippen LogP contribution is 2.31. The average molecular weight is 434 g/mol. The van der Waals surface area contributed by atoms with E-state index in [4.69, 9.17) is 4.74 Å². The van der Waals surface area contributed by atoms with Gasteiger partial charge in [-0.2, -0.15) is 4.98 Å². The van der Waals surface area contributed by atoms with Crippen molar-refractivity contribution in [1.29, 1.82) is 0 Å². The highest BCUT2D eigenvalue weighted by atomic mass is 16.5. The molecule has 0 spiro atoms. The first-order valence-corrected chi connectivity index (χ1v) is 10.7. The Bertz CT molecular complexity index is 1460. The molecule has 5 aromatic rings. The third-order valence-electron chi connectivity index (χ3n) is 5.46. The minimum Gasteiger partial charge on any atom is -0.437 e. The van der Waals surface area contributed by atoms with Crippen molar-refractivity contribution in [3.05, 3.63) is 102 Å². The van der Waals surface area contributed by atoms with E-state index in [9.17, 15) is 4.79 Å². The summed E-state index contributed by atoms with van der Waals surface area (Å²) in [6.07, 6.45) is 5.54. The molecule has 6 nitrogen and oxygen atoms in total. The second-order valence-corrected chi connectivity index (χ2v) is 8.00. The van der Waals surface area contributed by atoms with Crippen molar-refractivity contribution in [2.45, 2.75) is 20.3 Å². The number of fused-ring (bicyclic) bond motifs is 1. The van der Waals surface area contributed by atoms with Crippen molar-refractivity contribution >= 4 is 16.8 Å². The van der Waals surface area contributed by atoms with E-state index < -0.39 is 0 Å². The highest BCUT2D eigenvalue weighted by molar-refractivity contribution is 5.97. The lowest BCUT2D eigenvalue weighted by molar-refractivity contribution is 0.0993. The monoisotopic (exact) mass is 434 g/mol. The summed E-state index contributed by atoms with van der Waals surface area (Å²) in [6, 6.07) is 19.1. The van der Waals surface area contributed by atoms with E-state index in [1.54, 1.807) is 12.4 Å². The normalized spacial score (nSPS) is 11.0. The zero-order valence-corrected chi connectivity index (χ0v) is 18.4. The highest BCUT2D eigenvalue weighted by Gasteiger charge is 2.15. The summed E-state index contributed by atoms with van der Waals surface area (Å²) in [5, 5.41) is 0. The number of aromatic nitrogens is 4. The standard InChI is InChI=1S/C27H22N4O2/c1-17-5-3-6-20(13-17)23(32)14-19-9-8-18(2)24(15-19)33-27-25-22(10-12-29-25)30-26(31-27)21-7-4-11-28-16-21/h3-13,15-16,29H,14H2,1-2H3. The van der Waals surface area contributed by atoms with Crippen LogP contribution in [0.3, 0.4) is 0 Å². The van der Waals surface area contributed by atoms with Crippen molar-refractivity contribution in [1.82, 2.24) is 19.9 Å². The molecule has 0 atom stereocenters. The van der Waals surface area contributed by atoms with Gasteiger partial charge < -0.3 is 9.72 Å². The quantitative estimate of drug-likeness (QED) is 0.339. The van der Waals surface area contributed by atoms with Crippen LogP contribution in [0.1, 0.15) is 27.0 Å². The zero-order valence-electron chi connectivity index (χ0n) is 18.4. The number of ether oxygens (including phenoxy) is 1. The molecule has 162 valence electrons. The van der Waals surface area contributed by atoms with E-state index in [2.05, 4.69) is 19.9 Å². The van der Waals surface area contributed by atoms with Gasteiger partial charge in [0.05, 0.1) is 5.52 Å². The molecule has 0 aliphatic rings. The predicted molar refractivity (Wildman–Crippen MR) is 128 cm³/mol. The van der Waals surface area contributed by atoms with E-state index in [0.29, 0.717) is 35.0 Å². The first kappa shape index (κ1) is 20.6. The number of rotatable bonds is 6. The van der Waals surface area contributed by atoms with E-state index in [1.807, 2.05) is 80.7 Å². The molecule has 2 aromatic carbocycles. The summed E-state index contributed by atoms with van der Waals surface area (Å²) < 4.78 is 6.28. The van der Waals surface area contributed by atoms with Crippen LogP contribution >= 0.6 is 0 Å². The number of hydrogen-bond donors (Lipinski definition) is 1. The van der Waals surface area contributed by atoms with Gasteiger partial charge in [-0.25, -0.2) is 4.98 Å². The van der Waals surface area contributed by atoms with Crippen molar-refractivity contribution < 1.29 is 9.53 Å². The van der Waals surface area contributed by atoms with Gasteiger partial charge in [0.15, 0.2) is 11.6 Å². The van der Waals surface area contributed by atoms with Crippen molar-refractivity contribution in [3.8, 4) is 23.0 Å². The summed E-state index contributed by atoms with van der Waals surface area (Å²) in [5.74, 6) is 1.68. The minimum absolute atomic E-state index is 0.0705. The predicted octanol–water partition coefficient (Wildman–Crippen LogP) is 5.85. The molecule has 0 amide bonds. The van der Waals surface area contributed by atoms with E-state index >= 15 is 0 Å². The molecule has 0 unspecified atom stereocenters. The molecule has 6 heteroatoms. The van der Waals surface area contributed by atoms with Crippen LogP contribution in [0, 0.1) is 13.8 Å². The van der Waals surface area contributed by atoms with Gasteiger partial charge in [0.1, 0.15) is 11.3 Å². The molecule has 33 heavy (non-hydrogen) atoms. The summed E-state index contributed by atoms with van der Waals surface area (Å²) >= 11 is 0. The number of hydrogen-bond acceptors (Lipinski definition) is 5. The van der Waals surface area contributed by atoms with Crippen LogP contribution in [0.2, 0.25) is 0 Å². The number of carbonyl (C=O) groups excluding carboxylic acids is 1. The number of ketones is 1. The van der Waals surface area contributed by atoms with Gasteiger partial charge in [-0.15, -0.1) is 0 Å². The molecule has 0 fully saturated rings. The Balaban J connectivity index is 1.47. The Hall–Kier alpha value is -4.32. The number of Topliss-reactive ketones (excluding diaryl/α,β-unsaturated/α-hetero) is 1. The average Bonchev–Trinajstić information content (AvgIpc) is 3.31. The fourth-order valence-electron chi connectivity index (χ4n) is 3.69. The summed E-state index contributed by atoms with van der Waals surface area (Å²) in [4.78, 5) is 29.4. The molecule has 5 rings (SSSR count). The number of carbonyl (C=O) groups is 1. The summed E-state index contributed by atoms with van der Waals surface area (Å²) in [6.45, 7) is 3.95. The minimum atomic E-state index is 0.0705. The second-order valence-electron chi connectivity index (χ2n) is 8.00. The molecule has 0 bridgehead atoms. The van der Waals surface area contributed by atoms with Crippen LogP contribution in [0.25, 0.3) is 22.4 Å². The molecule has 0 aliphatic heterocycles. The number of nitrogens with zero attached hydrogens (tertiary/aromatic N) is 3. The number of nitrogens with one attached hydrogen (secondary N) is 1. The Morgan fingerprint density at radius 2 is 1.91 bits per heavy atom. The molecule has 0 saturated heterocycles. The second kappa shape index (κ2) is 8.67. The van der Waals surface area contributed by atoms with E-state index in [0.717, 1.165) is 27.8 Å². The smallest absolute Gasteiger partial charge is 0.247 e. The molecule has 1 N–H and O–H groups in total. The van der Waals surface area contributed by atoms with Gasteiger partial charge in [0, 0.05) is 36.1 Å². The number of aromatic amines is 1. The number of pyridine rings is 1. The molecule has 3 heterocycles. The largest absolute Gasteiger partial charge is 0.437 e. The van der Waals surface area contributed by atoms with Gasteiger partial charge in [-0.3, -0.25) is 9.78 Å². The Morgan fingerprint density at radius 3 is 2.73 bits per heavy atom. The molecular formula is C27H22N4O2. The van der Waals surface area contributed by atoms with Crippen LogP contribution in [-0.4, -0.2) is 25.7 Å². The fourth-order valence-corrected chi connectivity index (χ4v) is 3.69. The molecule has 0 radical (unpaired) electrons. The third-order valence-corrected chi connectivity index (χ3v) is 5.46. The van der Waals surface area contributed by atoms with Crippen molar-refractivity contribution in [3.63, 3.8) is 0 Å². The number of H-pyrrole nitrogens is 1. The molecular weight excluding hydrogens is 412 g/mol. The van der Waals surface area contributed by atoms with Crippen LogP contribution in [0.4, 0.5) is 0 Å². The van der Waals surface area contributed by atoms with Crippen LogP contribution in [0.5, 0.6) is 11.6 Å². The topological polar surface area (TPSA) is 80.8 Å². The maximum atomic E-state index is 12.8. The SMILES string of the molecule is Cc1cccc(C(=O)Cc2ccc(C)c(Oc3nc(-c4cccnc4)nc4cc[nH]c34)c2)c1. The van der Waals surface area contributed by atoms with Crippen molar-refractivity contribution in [2.75, 3.05) is 0 Å². The molecule has 0 saturated carbocycles. The zero-order chi connectivity index (χ0) is 22.8. The Labute approximate surface area is 191 Å². The lowest BCUT2D eigenvalue weighted by Crippen LogP contribution is -2.04. The summed E-state index contributed by atoms with van der Waals surface area (Å²) in [5.41, 5.74) is 5.87. The van der Waals surface area contributed by atoms with Gasteiger partial charge >= 0.3 is 0 Å². The number of aryl methyl sites for hydroxylation is 2. The fraction of sp³-hybridized carbons (Fsp3) is 0.111. The maximum Gasteiger partial charge on any atom is 0.247 e. The van der Waals surface area contributed by atoms with Gasteiger partial charge in [0.25, 0.3) is 0 Å². The third kappa shape index (κ3) is 4.36. The Morgan fingerprint density at radius 1 is 1.00 bits per heavy atom. The lowest BCUT2D eigenvalue weighted by Gasteiger charge is -2.12.